The molecule has 3 nitrogen and oxygen atoms in total. The van der Waals surface area contributed by atoms with Crippen molar-refractivity contribution >= 4 is 17.7 Å². The predicted octanol–water partition coefficient (Wildman–Crippen LogP) is 4.75. The topological polar surface area (TPSA) is 38.3 Å². The molecule has 0 heterocycles. The predicted molar refractivity (Wildman–Crippen MR) is 101 cm³/mol. The Morgan fingerprint density at radius 1 is 1.08 bits per heavy atom. The van der Waals surface area contributed by atoms with E-state index in [1.807, 2.05) is 45.0 Å². The smallest absolute Gasteiger partial charge is 0.233 e. The molecule has 0 saturated carbocycles. The second-order valence-corrected chi connectivity index (χ2v) is 7.22. The minimum atomic E-state index is -0.141. The van der Waals surface area contributed by atoms with Gasteiger partial charge in [-0.1, -0.05) is 29.8 Å². The Balaban J connectivity index is 1.91. The fourth-order valence-corrected chi connectivity index (χ4v) is 3.18. The molecule has 2 aromatic rings. The van der Waals surface area contributed by atoms with E-state index >= 15 is 0 Å². The average Bonchev–Trinajstić information content (AvgIpc) is 2.57. The molecule has 0 aliphatic heterocycles. The van der Waals surface area contributed by atoms with Gasteiger partial charge in [0.05, 0.1) is 17.9 Å². The van der Waals surface area contributed by atoms with Crippen LogP contribution in [0.5, 0.6) is 5.75 Å². The molecule has 0 aromatic heterocycles. The van der Waals surface area contributed by atoms with Gasteiger partial charge in [-0.15, -0.1) is 11.8 Å². The monoisotopic (exact) mass is 343 g/mol. The summed E-state index contributed by atoms with van der Waals surface area (Å²) in [5, 5.41) is 2.94. The lowest BCUT2D eigenvalue weighted by Gasteiger charge is -2.18. The fourth-order valence-electron chi connectivity index (χ4n) is 2.31. The van der Waals surface area contributed by atoms with Crippen molar-refractivity contribution in [2.75, 3.05) is 6.61 Å². The molecule has 2 atom stereocenters. The van der Waals surface area contributed by atoms with Crippen LogP contribution in [0, 0.1) is 6.92 Å². The van der Waals surface area contributed by atoms with Crippen molar-refractivity contribution in [1.82, 2.24) is 5.32 Å². The number of aryl methyl sites for hydroxylation is 1. The van der Waals surface area contributed by atoms with Crippen molar-refractivity contribution in [2.24, 2.45) is 0 Å². The molecule has 24 heavy (non-hydrogen) atoms. The Bertz CT molecular complexity index is 652. The van der Waals surface area contributed by atoms with Crippen LogP contribution in [0.25, 0.3) is 0 Å². The number of rotatable bonds is 7. The summed E-state index contributed by atoms with van der Waals surface area (Å²) in [6, 6.07) is 16.1. The first-order chi connectivity index (χ1) is 11.5. The van der Waals surface area contributed by atoms with Crippen LogP contribution in [0.2, 0.25) is 0 Å². The van der Waals surface area contributed by atoms with Gasteiger partial charge in [0.25, 0.3) is 0 Å². The van der Waals surface area contributed by atoms with Gasteiger partial charge in [-0.3, -0.25) is 4.79 Å². The number of nitrogens with one attached hydrogen (secondary N) is 1. The Morgan fingerprint density at radius 2 is 1.71 bits per heavy atom. The van der Waals surface area contributed by atoms with Crippen LogP contribution in [-0.2, 0) is 4.79 Å². The Kier molecular flexibility index (Phi) is 6.73. The summed E-state index contributed by atoms with van der Waals surface area (Å²) in [6.07, 6.45) is 0. The third-order valence-corrected chi connectivity index (χ3v) is 4.86. The first-order valence-corrected chi connectivity index (χ1v) is 9.14. The molecule has 0 radical (unpaired) electrons. The highest BCUT2D eigenvalue weighted by Gasteiger charge is 2.17. The lowest BCUT2D eigenvalue weighted by molar-refractivity contribution is -0.120. The first kappa shape index (κ1) is 18.4. The second-order valence-electron chi connectivity index (χ2n) is 5.81. The zero-order valence-corrected chi connectivity index (χ0v) is 15.5. The molecule has 128 valence electrons. The van der Waals surface area contributed by atoms with Crippen molar-refractivity contribution < 1.29 is 9.53 Å². The summed E-state index contributed by atoms with van der Waals surface area (Å²) >= 11 is 1.57. The lowest BCUT2D eigenvalue weighted by Crippen LogP contribution is -2.33. The summed E-state index contributed by atoms with van der Waals surface area (Å²) in [7, 11) is 0. The molecule has 0 fully saturated rings. The van der Waals surface area contributed by atoms with E-state index in [0.717, 1.165) is 16.2 Å². The summed E-state index contributed by atoms with van der Waals surface area (Å²) in [4.78, 5) is 13.5. The van der Waals surface area contributed by atoms with Crippen molar-refractivity contribution in [3.63, 3.8) is 0 Å². The van der Waals surface area contributed by atoms with Crippen LogP contribution in [0.4, 0.5) is 0 Å². The SMILES string of the molecule is CCOc1ccc([C@H](C)NC(=O)[C@@H](C)Sc2ccc(C)cc2)cc1. The standard InChI is InChI=1S/C20H25NO2S/c1-5-23-18-10-8-17(9-11-18)15(3)21-20(22)16(4)24-19-12-6-14(2)7-13-19/h6-13,15-16H,5H2,1-4H3,(H,21,22)/t15-,16+/m0/s1. The molecule has 0 aliphatic rings. The Labute approximate surface area is 148 Å². The van der Waals surface area contributed by atoms with E-state index in [0.29, 0.717) is 6.61 Å². The van der Waals surface area contributed by atoms with Crippen molar-refractivity contribution in [3.8, 4) is 5.75 Å². The van der Waals surface area contributed by atoms with Crippen molar-refractivity contribution in [1.29, 1.82) is 0 Å². The number of carbonyl (C=O) groups is 1. The number of benzene rings is 2. The van der Waals surface area contributed by atoms with Crippen LogP contribution in [-0.4, -0.2) is 17.8 Å². The zero-order chi connectivity index (χ0) is 17.5. The number of amides is 1. The fraction of sp³-hybridized carbons (Fsp3) is 0.350. The minimum Gasteiger partial charge on any atom is -0.494 e. The first-order valence-electron chi connectivity index (χ1n) is 8.26. The molecule has 2 aromatic carbocycles. The highest BCUT2D eigenvalue weighted by atomic mass is 32.2. The van der Waals surface area contributed by atoms with Gasteiger partial charge < -0.3 is 10.1 Å². The van der Waals surface area contributed by atoms with Crippen LogP contribution in [0.1, 0.15) is 37.9 Å². The Hall–Kier alpha value is -1.94. The van der Waals surface area contributed by atoms with E-state index in [2.05, 4.69) is 36.5 Å². The van der Waals surface area contributed by atoms with Gasteiger partial charge in [-0.25, -0.2) is 0 Å². The van der Waals surface area contributed by atoms with E-state index in [-0.39, 0.29) is 17.2 Å². The quantitative estimate of drug-likeness (QED) is 0.737. The molecule has 0 saturated heterocycles. The van der Waals surface area contributed by atoms with Gasteiger partial charge in [0.2, 0.25) is 5.91 Å². The van der Waals surface area contributed by atoms with E-state index in [1.54, 1.807) is 11.8 Å². The number of ether oxygens (including phenoxy) is 1. The molecule has 0 bridgehead atoms. The molecular weight excluding hydrogens is 318 g/mol. The summed E-state index contributed by atoms with van der Waals surface area (Å²) in [6.45, 7) is 8.61. The van der Waals surface area contributed by atoms with Crippen LogP contribution < -0.4 is 10.1 Å². The maximum absolute atomic E-state index is 12.4. The maximum Gasteiger partial charge on any atom is 0.233 e. The maximum atomic E-state index is 12.4. The van der Waals surface area contributed by atoms with Gasteiger partial charge in [-0.05, 0) is 57.5 Å². The molecule has 1 amide bonds. The largest absolute Gasteiger partial charge is 0.494 e. The number of hydrogen-bond acceptors (Lipinski definition) is 3. The van der Waals surface area contributed by atoms with E-state index in [9.17, 15) is 4.79 Å². The second kappa shape index (κ2) is 8.78. The molecule has 4 heteroatoms. The summed E-state index contributed by atoms with van der Waals surface area (Å²) in [5.41, 5.74) is 2.29. The van der Waals surface area contributed by atoms with Crippen LogP contribution in [0.15, 0.2) is 53.4 Å². The molecule has 0 unspecified atom stereocenters. The van der Waals surface area contributed by atoms with Crippen LogP contribution in [0.3, 0.4) is 0 Å². The average molecular weight is 343 g/mol. The van der Waals surface area contributed by atoms with Crippen LogP contribution >= 0.6 is 11.8 Å². The summed E-state index contributed by atoms with van der Waals surface area (Å²) in [5.74, 6) is 0.894. The third-order valence-electron chi connectivity index (χ3n) is 3.75. The number of hydrogen-bond donors (Lipinski definition) is 1. The highest BCUT2D eigenvalue weighted by molar-refractivity contribution is 8.00. The highest BCUT2D eigenvalue weighted by Crippen LogP contribution is 2.24. The minimum absolute atomic E-state index is 0.0331. The van der Waals surface area contributed by atoms with E-state index in [4.69, 9.17) is 4.74 Å². The molecule has 0 aliphatic carbocycles. The third kappa shape index (κ3) is 5.31. The Morgan fingerprint density at radius 3 is 2.29 bits per heavy atom. The normalized spacial score (nSPS) is 13.2. The number of carbonyl (C=O) groups excluding carboxylic acids is 1. The van der Waals surface area contributed by atoms with Gasteiger partial charge in [0.1, 0.15) is 5.75 Å². The number of thioether (sulfide) groups is 1. The van der Waals surface area contributed by atoms with Gasteiger partial charge in [0.15, 0.2) is 0 Å². The summed E-state index contributed by atoms with van der Waals surface area (Å²) < 4.78 is 5.44. The van der Waals surface area contributed by atoms with Gasteiger partial charge in [-0.2, -0.15) is 0 Å². The van der Waals surface area contributed by atoms with Crippen molar-refractivity contribution in [2.45, 2.75) is 43.9 Å². The lowest BCUT2D eigenvalue weighted by atomic mass is 10.1. The molecule has 0 spiro atoms. The van der Waals surface area contributed by atoms with E-state index in [1.165, 1.54) is 5.56 Å². The van der Waals surface area contributed by atoms with Crippen molar-refractivity contribution in [3.05, 3.63) is 59.7 Å². The zero-order valence-electron chi connectivity index (χ0n) is 14.7. The molecule has 2 rings (SSSR count). The van der Waals surface area contributed by atoms with Gasteiger partial charge in [0, 0.05) is 4.90 Å². The van der Waals surface area contributed by atoms with Gasteiger partial charge >= 0.3 is 0 Å². The molecular formula is C20H25NO2S. The van der Waals surface area contributed by atoms with E-state index < -0.39 is 0 Å². The molecule has 1 N–H and O–H groups in total.